The minimum atomic E-state index is -0.294. The number of halogens is 1. The van der Waals surface area contributed by atoms with Gasteiger partial charge in [-0.3, -0.25) is 9.59 Å². The molecule has 0 saturated carbocycles. The molecule has 0 radical (unpaired) electrons. The second-order valence-electron chi connectivity index (χ2n) is 11.5. The first-order chi connectivity index (χ1) is 26.3. The number of carbonyl (C=O) groups excluding carboxylic acids is 2. The van der Waals surface area contributed by atoms with E-state index in [1.54, 1.807) is 26.0 Å². The van der Waals surface area contributed by atoms with Gasteiger partial charge in [0, 0.05) is 19.0 Å². The van der Waals surface area contributed by atoms with Crippen molar-refractivity contribution < 1.29 is 47.5 Å². The highest BCUT2D eigenvalue weighted by Crippen LogP contribution is 2.28. The van der Waals surface area contributed by atoms with Gasteiger partial charge in [0.05, 0.1) is 123 Å². The van der Waals surface area contributed by atoms with Gasteiger partial charge in [-0.15, -0.1) is 0 Å². The summed E-state index contributed by atoms with van der Waals surface area (Å²) in [6.45, 7) is 13.3. The van der Waals surface area contributed by atoms with Crippen LogP contribution in [-0.2, 0) is 42.7 Å². The quantitative estimate of drug-likeness (QED) is 0.0738. The van der Waals surface area contributed by atoms with Gasteiger partial charge in [0.1, 0.15) is 28.1 Å². The number of carbonyl (C=O) groups is 2. The Morgan fingerprint density at radius 2 is 1.20 bits per heavy atom. The van der Waals surface area contributed by atoms with Gasteiger partial charge in [0.25, 0.3) is 5.91 Å². The summed E-state index contributed by atoms with van der Waals surface area (Å²) in [5.41, 5.74) is 1.45. The number of ether oxygens (including phenoxy) is 8. The Morgan fingerprint density at radius 1 is 0.704 bits per heavy atom. The smallest absolute Gasteiger partial charge is 0.267 e. The number of aryl methyl sites for hydroxylation is 2. The maximum atomic E-state index is 12.8. The topological polar surface area (TPSA) is 183 Å². The van der Waals surface area contributed by atoms with Gasteiger partial charge in [0.2, 0.25) is 0 Å². The molecule has 0 spiro atoms. The van der Waals surface area contributed by atoms with E-state index in [0.717, 1.165) is 5.56 Å². The van der Waals surface area contributed by atoms with Gasteiger partial charge in [-0.1, -0.05) is 35.1 Å². The van der Waals surface area contributed by atoms with E-state index in [4.69, 9.17) is 49.5 Å². The Bertz CT molecular complexity index is 1480. The predicted octanol–water partition coefficient (Wildman–Crippen LogP) is 4.72. The number of benzene rings is 1. The van der Waals surface area contributed by atoms with Crippen LogP contribution in [0.2, 0.25) is 5.02 Å². The number of amides is 1. The molecule has 16 nitrogen and oxygen atoms in total. The molecule has 2 heterocycles. The van der Waals surface area contributed by atoms with E-state index in [2.05, 4.69) is 30.9 Å². The Balaban J connectivity index is 1.10. The number of nitrogens with one attached hydrogen (secondary N) is 3. The summed E-state index contributed by atoms with van der Waals surface area (Å²) < 4.78 is 43.8. The van der Waals surface area contributed by atoms with Crippen LogP contribution in [0.3, 0.4) is 0 Å². The second-order valence-corrected chi connectivity index (χ2v) is 12.9. The van der Waals surface area contributed by atoms with Gasteiger partial charge in [-0.2, -0.15) is 0 Å². The molecule has 1 amide bonds. The molecule has 0 aliphatic carbocycles. The van der Waals surface area contributed by atoms with Gasteiger partial charge in [0.15, 0.2) is 5.13 Å². The predicted molar refractivity (Wildman–Crippen MR) is 207 cm³/mol. The minimum absolute atomic E-state index is 0.119. The van der Waals surface area contributed by atoms with Crippen LogP contribution in [0.1, 0.15) is 34.4 Å². The van der Waals surface area contributed by atoms with E-state index in [9.17, 15) is 9.59 Å². The molecule has 54 heavy (non-hydrogen) atoms. The summed E-state index contributed by atoms with van der Waals surface area (Å²) >= 11 is 7.45. The van der Waals surface area contributed by atoms with Crippen LogP contribution >= 0.6 is 22.9 Å². The van der Waals surface area contributed by atoms with Crippen molar-refractivity contribution in [3.05, 3.63) is 51.7 Å². The van der Waals surface area contributed by atoms with Crippen molar-refractivity contribution in [3.8, 4) is 0 Å². The summed E-state index contributed by atoms with van der Waals surface area (Å²) in [5, 5.41) is 10.2. The highest BCUT2D eigenvalue weighted by molar-refractivity contribution is 7.17. The molecule has 2 aromatic heterocycles. The molecule has 1 aromatic carbocycles. The normalized spacial score (nSPS) is 11.2. The van der Waals surface area contributed by atoms with E-state index in [1.165, 1.54) is 17.5 Å². The number of hydrogen-bond acceptors (Lipinski definition) is 16. The van der Waals surface area contributed by atoms with Crippen molar-refractivity contribution in [1.82, 2.24) is 15.0 Å². The standard InChI is InChI=1S/C36H53ClN6O10S/c1-27-5-4-6-30(37)34(27)43-35(45)31-26-39-36(54-31)42-33-25-32(40-29(3)41-33)38-8-10-47-12-14-49-16-18-51-20-22-53-24-23-52-21-19-50-17-15-48-13-11-46-9-7-28(2)44/h4-6,25-26H,7-24H2,1-3H3,(H,43,45)(H2,38,39,40,41,42). The molecule has 3 N–H and O–H groups in total. The molecule has 0 saturated heterocycles. The third kappa shape index (κ3) is 20.4. The van der Waals surface area contributed by atoms with E-state index in [1.807, 2.05) is 19.1 Å². The van der Waals surface area contributed by atoms with Crippen LogP contribution < -0.4 is 16.0 Å². The number of nitrogens with zero attached hydrogens (tertiary/aromatic N) is 3. The Labute approximate surface area is 325 Å². The molecular weight excluding hydrogens is 744 g/mol. The molecule has 0 aliphatic rings. The number of thiazole rings is 1. The highest BCUT2D eigenvalue weighted by Gasteiger charge is 2.15. The van der Waals surface area contributed by atoms with Crippen molar-refractivity contribution in [1.29, 1.82) is 0 Å². The molecule has 0 bridgehead atoms. The summed E-state index contributed by atoms with van der Waals surface area (Å²) in [4.78, 5) is 37.2. The molecule has 0 fully saturated rings. The van der Waals surface area contributed by atoms with Crippen LogP contribution in [0.5, 0.6) is 0 Å². The third-order valence-corrected chi connectivity index (χ3v) is 8.24. The van der Waals surface area contributed by atoms with E-state index in [0.29, 0.717) is 157 Å². The molecule has 3 rings (SSSR count). The summed E-state index contributed by atoms with van der Waals surface area (Å²) in [6.07, 6.45) is 1.94. The van der Waals surface area contributed by atoms with Crippen molar-refractivity contribution in [2.45, 2.75) is 27.2 Å². The zero-order valence-corrected chi connectivity index (χ0v) is 32.9. The average Bonchev–Trinajstić information content (AvgIpc) is 3.61. The van der Waals surface area contributed by atoms with Crippen LogP contribution in [-0.4, -0.2) is 139 Å². The number of rotatable bonds is 32. The maximum Gasteiger partial charge on any atom is 0.267 e. The van der Waals surface area contributed by atoms with Crippen LogP contribution in [0.4, 0.5) is 22.5 Å². The fourth-order valence-electron chi connectivity index (χ4n) is 4.34. The summed E-state index contributed by atoms with van der Waals surface area (Å²) in [6, 6.07) is 7.21. The monoisotopic (exact) mass is 796 g/mol. The largest absolute Gasteiger partial charge is 0.379 e. The summed E-state index contributed by atoms with van der Waals surface area (Å²) in [5.74, 6) is 1.57. The Kier molecular flexibility index (Phi) is 23.4. The SMILES string of the molecule is CC(=O)CCOCCOCCOCCOCCOCCOCCOCCOCCNc1cc(Nc2ncc(C(=O)Nc3c(C)cccc3Cl)s2)nc(C)n1. The Morgan fingerprint density at radius 3 is 1.72 bits per heavy atom. The van der Waals surface area contributed by atoms with Crippen molar-refractivity contribution >= 4 is 57.1 Å². The molecule has 3 aromatic rings. The molecule has 18 heteroatoms. The first-order valence-corrected chi connectivity index (χ1v) is 19.0. The fraction of sp³-hybridized carbons (Fsp3) is 0.583. The molecule has 300 valence electrons. The Hall–Kier alpha value is -3.36. The zero-order chi connectivity index (χ0) is 38.6. The van der Waals surface area contributed by atoms with E-state index >= 15 is 0 Å². The molecular formula is C36H53ClN6O10S. The number of para-hydroxylation sites is 1. The number of ketones is 1. The molecule has 0 aliphatic heterocycles. The van der Waals surface area contributed by atoms with Gasteiger partial charge >= 0.3 is 0 Å². The lowest BCUT2D eigenvalue weighted by molar-refractivity contribution is -0.118. The second kappa shape index (κ2) is 28.1. The molecule has 0 unspecified atom stereocenters. The lowest BCUT2D eigenvalue weighted by atomic mass is 10.2. The van der Waals surface area contributed by atoms with E-state index in [-0.39, 0.29) is 11.7 Å². The number of anilines is 4. The minimum Gasteiger partial charge on any atom is -0.379 e. The van der Waals surface area contributed by atoms with E-state index < -0.39 is 0 Å². The number of hydrogen-bond donors (Lipinski definition) is 3. The van der Waals surface area contributed by atoms with Crippen molar-refractivity contribution in [2.75, 3.05) is 128 Å². The van der Waals surface area contributed by atoms with Crippen LogP contribution in [0.25, 0.3) is 0 Å². The number of aromatic nitrogens is 3. The zero-order valence-electron chi connectivity index (χ0n) is 31.3. The lowest BCUT2D eigenvalue weighted by Crippen LogP contribution is -2.16. The highest BCUT2D eigenvalue weighted by atomic mass is 35.5. The maximum absolute atomic E-state index is 12.8. The van der Waals surface area contributed by atoms with Crippen LogP contribution in [0, 0.1) is 13.8 Å². The van der Waals surface area contributed by atoms with Gasteiger partial charge in [-0.05, 0) is 32.4 Å². The summed E-state index contributed by atoms with van der Waals surface area (Å²) in [7, 11) is 0. The van der Waals surface area contributed by atoms with Gasteiger partial charge in [-0.25, -0.2) is 15.0 Å². The first kappa shape index (κ1) is 45.0. The van der Waals surface area contributed by atoms with Crippen LogP contribution in [0.15, 0.2) is 30.5 Å². The molecule has 0 atom stereocenters. The average molecular weight is 797 g/mol. The van der Waals surface area contributed by atoms with Gasteiger partial charge < -0.3 is 53.8 Å². The fourth-order valence-corrected chi connectivity index (χ4v) is 5.33. The third-order valence-electron chi connectivity index (χ3n) is 7.02. The number of Topliss-reactive ketones (excluding diaryl/α,β-unsaturated/α-hetero) is 1. The van der Waals surface area contributed by atoms with Crippen molar-refractivity contribution in [2.24, 2.45) is 0 Å². The van der Waals surface area contributed by atoms with Crippen molar-refractivity contribution in [3.63, 3.8) is 0 Å². The lowest BCUT2D eigenvalue weighted by Gasteiger charge is -2.10. The first-order valence-electron chi connectivity index (χ1n) is 17.8.